The number of hydrogen-bond donors (Lipinski definition) is 2. The van der Waals surface area contributed by atoms with Crippen molar-refractivity contribution in [2.24, 2.45) is 12.5 Å². The first-order valence-corrected chi connectivity index (χ1v) is 5.62. The number of aliphatic hydroxyl groups excluding tert-OH is 1. The van der Waals surface area contributed by atoms with E-state index in [1.165, 1.54) is 0 Å². The van der Waals surface area contributed by atoms with Crippen LogP contribution in [0.3, 0.4) is 0 Å². The summed E-state index contributed by atoms with van der Waals surface area (Å²) in [5, 5.41) is 12.2. The molecule has 1 fully saturated rings. The molecule has 4 nitrogen and oxygen atoms in total. The monoisotopic (exact) mass is 222 g/mol. The van der Waals surface area contributed by atoms with E-state index < -0.39 is 0 Å². The van der Waals surface area contributed by atoms with E-state index in [0.717, 1.165) is 12.8 Å². The average Bonchev–Trinajstić information content (AvgIpc) is 2.95. The molecule has 1 saturated carbocycles. The lowest BCUT2D eigenvalue weighted by atomic mass is 9.99. The van der Waals surface area contributed by atoms with Crippen LogP contribution in [-0.2, 0) is 7.05 Å². The minimum absolute atomic E-state index is 0.0277. The lowest BCUT2D eigenvalue weighted by Gasteiger charge is -2.22. The summed E-state index contributed by atoms with van der Waals surface area (Å²) in [6, 6.07) is 3.67. The maximum absolute atomic E-state index is 11.9. The third-order valence-corrected chi connectivity index (χ3v) is 3.65. The molecule has 0 aromatic carbocycles. The second-order valence-electron chi connectivity index (χ2n) is 4.72. The van der Waals surface area contributed by atoms with Crippen LogP contribution in [0, 0.1) is 5.41 Å². The van der Waals surface area contributed by atoms with Crippen LogP contribution in [0.4, 0.5) is 0 Å². The first kappa shape index (κ1) is 11.2. The Morgan fingerprint density at radius 1 is 1.69 bits per heavy atom. The van der Waals surface area contributed by atoms with E-state index in [-0.39, 0.29) is 24.0 Å². The highest BCUT2D eigenvalue weighted by Gasteiger charge is 2.47. The Morgan fingerprint density at radius 3 is 2.81 bits per heavy atom. The molecule has 1 atom stereocenters. The summed E-state index contributed by atoms with van der Waals surface area (Å²) in [5.41, 5.74) is 0.585. The molecule has 0 saturated heterocycles. The van der Waals surface area contributed by atoms with Gasteiger partial charge in [0.25, 0.3) is 5.91 Å². The molecule has 88 valence electrons. The van der Waals surface area contributed by atoms with Gasteiger partial charge in [-0.25, -0.2) is 0 Å². The molecule has 1 aliphatic carbocycles. The van der Waals surface area contributed by atoms with Gasteiger partial charge in [0.1, 0.15) is 5.69 Å². The van der Waals surface area contributed by atoms with E-state index in [2.05, 4.69) is 5.32 Å². The lowest BCUT2D eigenvalue weighted by molar-refractivity contribution is 0.0892. The number of aliphatic hydroxyl groups is 1. The van der Waals surface area contributed by atoms with Crippen LogP contribution >= 0.6 is 0 Å². The van der Waals surface area contributed by atoms with Gasteiger partial charge in [0.05, 0.1) is 6.61 Å². The maximum atomic E-state index is 11.9. The van der Waals surface area contributed by atoms with Crippen LogP contribution in [-0.4, -0.2) is 28.2 Å². The second-order valence-corrected chi connectivity index (χ2v) is 4.72. The molecule has 1 aliphatic rings. The molecule has 0 radical (unpaired) electrons. The average molecular weight is 222 g/mol. The van der Waals surface area contributed by atoms with Crippen molar-refractivity contribution in [3.63, 3.8) is 0 Å². The third kappa shape index (κ3) is 1.85. The number of aryl methyl sites for hydroxylation is 1. The van der Waals surface area contributed by atoms with Crippen LogP contribution < -0.4 is 5.32 Å². The fraction of sp³-hybridized carbons (Fsp3) is 0.583. The minimum atomic E-state index is -0.0697. The molecule has 1 amide bonds. The summed E-state index contributed by atoms with van der Waals surface area (Å²) in [7, 11) is 1.85. The Morgan fingerprint density at radius 2 is 2.38 bits per heavy atom. The number of nitrogens with one attached hydrogen (secondary N) is 1. The SMILES string of the molecule is CC(NC(=O)c1cccn1C)C1(CO)CC1. The molecule has 0 aliphatic heterocycles. The van der Waals surface area contributed by atoms with Gasteiger partial charge >= 0.3 is 0 Å². The van der Waals surface area contributed by atoms with Crippen LogP contribution in [0.25, 0.3) is 0 Å². The van der Waals surface area contributed by atoms with Gasteiger partial charge in [0.2, 0.25) is 0 Å². The number of carbonyl (C=O) groups excluding carboxylic acids is 1. The quantitative estimate of drug-likeness (QED) is 0.795. The molecule has 0 spiro atoms. The highest BCUT2D eigenvalue weighted by Crippen LogP contribution is 2.48. The summed E-state index contributed by atoms with van der Waals surface area (Å²) < 4.78 is 1.79. The molecular weight excluding hydrogens is 204 g/mol. The fourth-order valence-electron chi connectivity index (χ4n) is 2.01. The zero-order valence-electron chi connectivity index (χ0n) is 9.73. The van der Waals surface area contributed by atoms with E-state index in [0.29, 0.717) is 5.69 Å². The lowest BCUT2D eigenvalue weighted by Crippen LogP contribution is -2.41. The van der Waals surface area contributed by atoms with E-state index in [4.69, 9.17) is 0 Å². The minimum Gasteiger partial charge on any atom is -0.396 e. The first-order chi connectivity index (χ1) is 7.59. The van der Waals surface area contributed by atoms with Gasteiger partial charge in [-0.3, -0.25) is 4.79 Å². The van der Waals surface area contributed by atoms with E-state index >= 15 is 0 Å². The Bertz CT molecular complexity index is 393. The van der Waals surface area contributed by atoms with Crippen molar-refractivity contribution >= 4 is 5.91 Å². The molecule has 2 rings (SSSR count). The van der Waals surface area contributed by atoms with Crippen molar-refractivity contribution in [2.45, 2.75) is 25.8 Å². The zero-order chi connectivity index (χ0) is 11.8. The molecule has 1 heterocycles. The summed E-state index contributed by atoms with van der Waals surface area (Å²) in [6.07, 6.45) is 3.84. The van der Waals surface area contributed by atoms with Crippen LogP contribution in [0.5, 0.6) is 0 Å². The number of rotatable bonds is 4. The third-order valence-electron chi connectivity index (χ3n) is 3.65. The Balaban J connectivity index is 2.01. The molecule has 16 heavy (non-hydrogen) atoms. The summed E-state index contributed by atoms with van der Waals surface area (Å²) in [4.78, 5) is 11.9. The Kier molecular flexibility index (Phi) is 2.76. The van der Waals surface area contributed by atoms with Gasteiger partial charge in [-0.15, -0.1) is 0 Å². The largest absolute Gasteiger partial charge is 0.396 e. The number of carbonyl (C=O) groups is 1. The Labute approximate surface area is 95.3 Å². The second kappa shape index (κ2) is 3.94. The number of aromatic nitrogens is 1. The fourth-order valence-corrected chi connectivity index (χ4v) is 2.01. The number of hydrogen-bond acceptors (Lipinski definition) is 2. The van der Waals surface area contributed by atoms with Gasteiger partial charge in [-0.05, 0) is 31.9 Å². The van der Waals surface area contributed by atoms with Crippen LogP contribution in [0.15, 0.2) is 18.3 Å². The zero-order valence-corrected chi connectivity index (χ0v) is 9.73. The summed E-state index contributed by atoms with van der Waals surface area (Å²) in [5.74, 6) is -0.0697. The molecule has 1 unspecified atom stereocenters. The van der Waals surface area contributed by atoms with E-state index in [1.807, 2.05) is 26.2 Å². The molecule has 0 bridgehead atoms. The van der Waals surface area contributed by atoms with Crippen molar-refractivity contribution in [3.05, 3.63) is 24.0 Å². The molecule has 4 heteroatoms. The molecule has 2 N–H and O–H groups in total. The molecule has 1 aromatic rings. The predicted molar refractivity (Wildman–Crippen MR) is 61.1 cm³/mol. The van der Waals surface area contributed by atoms with E-state index in [1.54, 1.807) is 10.6 Å². The standard InChI is InChI=1S/C12H18N2O2/c1-9(12(8-15)5-6-12)13-11(16)10-4-3-7-14(10)2/h3-4,7,9,15H,5-6,8H2,1-2H3,(H,13,16). The predicted octanol–water partition coefficient (Wildman–Crippen LogP) is 0.916. The van der Waals surface area contributed by atoms with Gasteiger partial charge in [-0.1, -0.05) is 0 Å². The summed E-state index contributed by atoms with van der Waals surface area (Å²) >= 11 is 0. The van der Waals surface area contributed by atoms with Crippen molar-refractivity contribution in [1.82, 2.24) is 9.88 Å². The number of amides is 1. The van der Waals surface area contributed by atoms with Gasteiger partial charge in [0.15, 0.2) is 0 Å². The van der Waals surface area contributed by atoms with Crippen molar-refractivity contribution in [3.8, 4) is 0 Å². The van der Waals surface area contributed by atoms with Gasteiger partial charge in [0, 0.05) is 24.7 Å². The summed E-state index contributed by atoms with van der Waals surface area (Å²) in [6.45, 7) is 2.12. The highest BCUT2D eigenvalue weighted by atomic mass is 16.3. The van der Waals surface area contributed by atoms with Crippen LogP contribution in [0.1, 0.15) is 30.3 Å². The van der Waals surface area contributed by atoms with Crippen molar-refractivity contribution in [2.75, 3.05) is 6.61 Å². The van der Waals surface area contributed by atoms with Crippen LogP contribution in [0.2, 0.25) is 0 Å². The Hall–Kier alpha value is -1.29. The topological polar surface area (TPSA) is 54.3 Å². The van der Waals surface area contributed by atoms with E-state index in [9.17, 15) is 9.90 Å². The van der Waals surface area contributed by atoms with Gasteiger partial charge < -0.3 is 15.0 Å². The first-order valence-electron chi connectivity index (χ1n) is 5.62. The molecular formula is C12H18N2O2. The maximum Gasteiger partial charge on any atom is 0.268 e. The van der Waals surface area contributed by atoms with Crippen molar-refractivity contribution in [1.29, 1.82) is 0 Å². The van der Waals surface area contributed by atoms with Gasteiger partial charge in [-0.2, -0.15) is 0 Å². The highest BCUT2D eigenvalue weighted by molar-refractivity contribution is 5.92. The number of nitrogens with zero attached hydrogens (tertiary/aromatic N) is 1. The smallest absolute Gasteiger partial charge is 0.268 e. The normalized spacial score (nSPS) is 19.2. The van der Waals surface area contributed by atoms with Crippen molar-refractivity contribution < 1.29 is 9.90 Å². The molecule has 1 aromatic heterocycles.